The van der Waals surface area contributed by atoms with Crippen LogP contribution in [0.3, 0.4) is 0 Å². The Balaban J connectivity index is 2.77. The number of rotatable bonds is 4. The van der Waals surface area contributed by atoms with Crippen LogP contribution in [-0.4, -0.2) is 17.8 Å². The summed E-state index contributed by atoms with van der Waals surface area (Å²) >= 11 is 5.95. The summed E-state index contributed by atoms with van der Waals surface area (Å²) < 4.78 is 0. The minimum Gasteiger partial charge on any atom is -0.395 e. The molecule has 0 saturated carbocycles. The maximum atomic E-state index is 8.91. The Bertz CT molecular complexity index is 315. The number of nitrogens with one attached hydrogen (secondary N) is 1. The highest BCUT2D eigenvalue weighted by Crippen LogP contribution is 2.19. The second-order valence-corrected chi connectivity index (χ2v) is 4.42. The standard InChI is InChI=1S/C12H18ClNO/c1-8-4-11(13)5-9(2)12(8)6-14-10(3)7-15/h4-5,10,14-15H,6-7H2,1-3H3/t10-/m1/s1. The molecule has 0 radical (unpaired) electrons. The van der Waals surface area contributed by atoms with Gasteiger partial charge < -0.3 is 10.4 Å². The van der Waals surface area contributed by atoms with Crippen molar-refractivity contribution in [2.24, 2.45) is 0 Å². The fraction of sp³-hybridized carbons (Fsp3) is 0.500. The summed E-state index contributed by atoms with van der Waals surface area (Å²) in [6.45, 7) is 7.00. The fourth-order valence-electron chi connectivity index (χ4n) is 1.56. The van der Waals surface area contributed by atoms with Crippen molar-refractivity contribution in [3.8, 4) is 0 Å². The predicted molar refractivity (Wildman–Crippen MR) is 64.3 cm³/mol. The molecule has 84 valence electrons. The molecule has 1 aromatic carbocycles. The van der Waals surface area contributed by atoms with E-state index in [9.17, 15) is 0 Å². The van der Waals surface area contributed by atoms with E-state index in [0.717, 1.165) is 11.6 Å². The molecule has 2 N–H and O–H groups in total. The van der Waals surface area contributed by atoms with Crippen molar-refractivity contribution in [2.45, 2.75) is 33.4 Å². The van der Waals surface area contributed by atoms with Crippen LogP contribution >= 0.6 is 11.6 Å². The van der Waals surface area contributed by atoms with Crippen LogP contribution in [0, 0.1) is 13.8 Å². The van der Waals surface area contributed by atoms with E-state index in [1.807, 2.05) is 19.1 Å². The molecule has 0 fully saturated rings. The molecule has 0 aliphatic carbocycles. The number of halogens is 1. The van der Waals surface area contributed by atoms with Crippen LogP contribution in [0.2, 0.25) is 5.02 Å². The van der Waals surface area contributed by atoms with Crippen LogP contribution < -0.4 is 5.32 Å². The molecule has 0 aromatic heterocycles. The first-order valence-corrected chi connectivity index (χ1v) is 5.52. The molecule has 2 nitrogen and oxygen atoms in total. The number of hydrogen-bond donors (Lipinski definition) is 2. The van der Waals surface area contributed by atoms with Crippen molar-refractivity contribution in [1.82, 2.24) is 5.32 Å². The molecule has 0 bridgehead atoms. The van der Waals surface area contributed by atoms with Crippen molar-refractivity contribution >= 4 is 11.6 Å². The molecule has 0 spiro atoms. The lowest BCUT2D eigenvalue weighted by Gasteiger charge is -2.14. The maximum Gasteiger partial charge on any atom is 0.0582 e. The van der Waals surface area contributed by atoms with Gasteiger partial charge in [-0.3, -0.25) is 0 Å². The lowest BCUT2D eigenvalue weighted by Crippen LogP contribution is -2.29. The van der Waals surface area contributed by atoms with E-state index in [2.05, 4.69) is 19.2 Å². The molecule has 1 atom stereocenters. The number of aliphatic hydroxyl groups excluding tert-OH is 1. The number of aryl methyl sites for hydroxylation is 2. The van der Waals surface area contributed by atoms with Crippen LogP contribution in [0.4, 0.5) is 0 Å². The second-order valence-electron chi connectivity index (χ2n) is 3.98. The van der Waals surface area contributed by atoms with Gasteiger partial charge >= 0.3 is 0 Å². The Morgan fingerprint density at radius 2 is 1.87 bits per heavy atom. The van der Waals surface area contributed by atoms with Crippen molar-refractivity contribution in [3.05, 3.63) is 33.8 Å². The molecule has 15 heavy (non-hydrogen) atoms. The highest BCUT2D eigenvalue weighted by molar-refractivity contribution is 6.30. The van der Waals surface area contributed by atoms with Gasteiger partial charge in [-0.1, -0.05) is 11.6 Å². The number of benzene rings is 1. The molecular formula is C12H18ClNO. The lowest BCUT2D eigenvalue weighted by atomic mass is 10.0. The van der Waals surface area contributed by atoms with E-state index in [0.29, 0.717) is 0 Å². The van der Waals surface area contributed by atoms with E-state index in [-0.39, 0.29) is 12.6 Å². The van der Waals surface area contributed by atoms with Gasteiger partial charge in [-0.15, -0.1) is 0 Å². The van der Waals surface area contributed by atoms with E-state index >= 15 is 0 Å². The van der Waals surface area contributed by atoms with Crippen LogP contribution in [0.5, 0.6) is 0 Å². The summed E-state index contributed by atoms with van der Waals surface area (Å²) in [6.07, 6.45) is 0. The van der Waals surface area contributed by atoms with Crippen LogP contribution in [0.25, 0.3) is 0 Å². The zero-order chi connectivity index (χ0) is 11.4. The summed E-state index contributed by atoms with van der Waals surface area (Å²) in [7, 11) is 0. The third kappa shape index (κ3) is 3.49. The monoisotopic (exact) mass is 227 g/mol. The topological polar surface area (TPSA) is 32.3 Å². The molecule has 1 rings (SSSR count). The Morgan fingerprint density at radius 3 is 2.33 bits per heavy atom. The Morgan fingerprint density at radius 1 is 1.33 bits per heavy atom. The maximum absolute atomic E-state index is 8.91. The van der Waals surface area contributed by atoms with Gasteiger partial charge in [0.1, 0.15) is 0 Å². The fourth-order valence-corrected chi connectivity index (χ4v) is 1.89. The minimum absolute atomic E-state index is 0.125. The molecule has 3 heteroatoms. The average molecular weight is 228 g/mol. The normalized spacial score (nSPS) is 12.9. The Hall–Kier alpha value is -0.570. The van der Waals surface area contributed by atoms with Crippen molar-refractivity contribution in [3.63, 3.8) is 0 Å². The van der Waals surface area contributed by atoms with Gasteiger partial charge in [-0.25, -0.2) is 0 Å². The molecule has 0 unspecified atom stereocenters. The first-order chi connectivity index (χ1) is 7.04. The SMILES string of the molecule is Cc1cc(Cl)cc(C)c1CN[C@H](C)CO. The molecule has 0 heterocycles. The summed E-state index contributed by atoms with van der Waals surface area (Å²) in [5, 5.41) is 12.9. The molecule has 0 saturated heterocycles. The quantitative estimate of drug-likeness (QED) is 0.828. The first kappa shape index (κ1) is 12.5. The van der Waals surface area contributed by atoms with Gasteiger partial charge in [-0.2, -0.15) is 0 Å². The van der Waals surface area contributed by atoms with Crippen LogP contribution in [-0.2, 0) is 6.54 Å². The van der Waals surface area contributed by atoms with Crippen LogP contribution in [0.1, 0.15) is 23.6 Å². The van der Waals surface area contributed by atoms with Crippen LogP contribution in [0.15, 0.2) is 12.1 Å². The highest BCUT2D eigenvalue weighted by Gasteiger charge is 2.05. The summed E-state index contributed by atoms with van der Waals surface area (Å²) in [5.41, 5.74) is 3.65. The lowest BCUT2D eigenvalue weighted by molar-refractivity contribution is 0.251. The summed E-state index contributed by atoms with van der Waals surface area (Å²) in [6, 6.07) is 4.06. The summed E-state index contributed by atoms with van der Waals surface area (Å²) in [4.78, 5) is 0. The zero-order valence-corrected chi connectivity index (χ0v) is 10.2. The van der Waals surface area contributed by atoms with Crippen molar-refractivity contribution in [1.29, 1.82) is 0 Å². The van der Waals surface area contributed by atoms with Gasteiger partial charge in [-0.05, 0) is 49.6 Å². The van der Waals surface area contributed by atoms with E-state index in [1.165, 1.54) is 16.7 Å². The Kier molecular flexibility index (Phi) is 4.58. The van der Waals surface area contributed by atoms with Gasteiger partial charge in [0.05, 0.1) is 6.61 Å². The molecule has 0 aliphatic rings. The highest BCUT2D eigenvalue weighted by atomic mass is 35.5. The number of hydrogen-bond acceptors (Lipinski definition) is 2. The molecule has 1 aromatic rings. The number of aliphatic hydroxyl groups is 1. The molecule has 0 amide bonds. The van der Waals surface area contributed by atoms with Gasteiger partial charge in [0, 0.05) is 17.6 Å². The first-order valence-electron chi connectivity index (χ1n) is 5.14. The summed E-state index contributed by atoms with van der Waals surface area (Å²) in [5.74, 6) is 0. The zero-order valence-electron chi connectivity index (χ0n) is 9.47. The molecular weight excluding hydrogens is 210 g/mol. The second kappa shape index (κ2) is 5.50. The van der Waals surface area contributed by atoms with Gasteiger partial charge in [0.2, 0.25) is 0 Å². The van der Waals surface area contributed by atoms with Gasteiger partial charge in [0.25, 0.3) is 0 Å². The van der Waals surface area contributed by atoms with E-state index in [1.54, 1.807) is 0 Å². The van der Waals surface area contributed by atoms with Crippen molar-refractivity contribution in [2.75, 3.05) is 6.61 Å². The van der Waals surface area contributed by atoms with E-state index in [4.69, 9.17) is 16.7 Å². The average Bonchev–Trinajstić information content (AvgIpc) is 2.15. The van der Waals surface area contributed by atoms with Gasteiger partial charge in [0.15, 0.2) is 0 Å². The Labute approximate surface area is 96.3 Å². The smallest absolute Gasteiger partial charge is 0.0582 e. The van der Waals surface area contributed by atoms with E-state index < -0.39 is 0 Å². The third-order valence-electron chi connectivity index (χ3n) is 2.56. The molecule has 0 aliphatic heterocycles. The predicted octanol–water partition coefficient (Wildman–Crippen LogP) is 2.43. The van der Waals surface area contributed by atoms with Crippen molar-refractivity contribution < 1.29 is 5.11 Å². The largest absolute Gasteiger partial charge is 0.395 e. The minimum atomic E-state index is 0.125. The third-order valence-corrected chi connectivity index (χ3v) is 2.78.